The zero-order chi connectivity index (χ0) is 20.5. The molecule has 0 unspecified atom stereocenters. The molecule has 0 fully saturated rings. The van der Waals surface area contributed by atoms with Gasteiger partial charge in [0.05, 0.1) is 30.7 Å². The van der Waals surface area contributed by atoms with Gasteiger partial charge in [0.2, 0.25) is 0 Å². The fourth-order valence-electron chi connectivity index (χ4n) is 3.40. The minimum Gasteiger partial charge on any atom is -0.361 e. The van der Waals surface area contributed by atoms with E-state index in [1.54, 1.807) is 10.9 Å². The summed E-state index contributed by atoms with van der Waals surface area (Å²) in [5.74, 6) is 0.721. The Morgan fingerprint density at radius 3 is 2.38 bits per heavy atom. The molecule has 3 heterocycles. The molecule has 0 amide bonds. The van der Waals surface area contributed by atoms with Gasteiger partial charge in [-0.3, -0.25) is 4.68 Å². The van der Waals surface area contributed by atoms with Crippen LogP contribution in [0.4, 0.5) is 0 Å². The molecule has 0 saturated carbocycles. The van der Waals surface area contributed by atoms with Crippen LogP contribution in [0.3, 0.4) is 0 Å². The Morgan fingerprint density at radius 2 is 1.72 bits per heavy atom. The summed E-state index contributed by atoms with van der Waals surface area (Å²) in [6.45, 7) is 6.71. The summed E-state index contributed by atoms with van der Waals surface area (Å²) in [5.41, 5.74) is 2.32. The topological polar surface area (TPSA) is 92.8 Å². The van der Waals surface area contributed by atoms with Crippen LogP contribution in [-0.4, -0.2) is 28.9 Å². The highest BCUT2D eigenvalue weighted by molar-refractivity contribution is 5.27. The molecule has 0 bridgehead atoms. The Labute approximate surface area is 166 Å². The van der Waals surface area contributed by atoms with Crippen LogP contribution in [0.5, 0.6) is 0 Å². The van der Waals surface area contributed by atoms with Gasteiger partial charge in [0.1, 0.15) is 5.76 Å². The van der Waals surface area contributed by atoms with Gasteiger partial charge < -0.3 is 4.52 Å². The smallest absolute Gasteiger partial charge is 0.352 e. The maximum Gasteiger partial charge on any atom is 0.352 e. The van der Waals surface area contributed by atoms with Crippen LogP contribution >= 0.6 is 0 Å². The minimum atomic E-state index is -0.391. The van der Waals surface area contributed by atoms with Crippen molar-refractivity contribution in [2.75, 3.05) is 0 Å². The van der Waals surface area contributed by atoms with Gasteiger partial charge in [0, 0.05) is 18.3 Å². The quantitative estimate of drug-likeness (QED) is 0.496. The number of rotatable bonds is 6. The lowest BCUT2D eigenvalue weighted by Gasteiger charge is -2.06. The Kier molecular flexibility index (Phi) is 4.79. The number of hydrogen-bond acceptors (Lipinski definition) is 5. The number of benzene rings is 1. The minimum absolute atomic E-state index is 0.322. The third kappa shape index (κ3) is 3.35. The fourth-order valence-corrected chi connectivity index (χ4v) is 3.40. The Bertz CT molecular complexity index is 1240. The van der Waals surface area contributed by atoms with E-state index in [-0.39, 0.29) is 5.69 Å². The van der Waals surface area contributed by atoms with E-state index in [0.717, 1.165) is 27.1 Å². The molecule has 0 aliphatic rings. The van der Waals surface area contributed by atoms with E-state index in [0.29, 0.717) is 25.3 Å². The second kappa shape index (κ2) is 7.42. The SMILES string of the molecule is CCn1c(=O)n(-c2cnn(Cc3c(C)noc3C)c2)c(=O)n1Cc1ccccc1. The average molecular weight is 394 g/mol. The molecule has 0 N–H and O–H groups in total. The van der Waals surface area contributed by atoms with Crippen molar-refractivity contribution in [1.29, 1.82) is 0 Å². The molecule has 0 radical (unpaired) electrons. The van der Waals surface area contributed by atoms with Gasteiger partial charge in [-0.15, -0.1) is 0 Å². The standard InChI is InChI=1S/C20H22N6O3/c1-4-24-19(27)26(20(28)25(24)11-16-8-6-5-7-9-16)17-10-21-23(12-17)13-18-14(2)22-29-15(18)3/h5-10,12H,4,11,13H2,1-3H3. The number of aryl methyl sites for hydroxylation is 2. The van der Waals surface area contributed by atoms with Crippen molar-refractivity contribution in [2.24, 2.45) is 0 Å². The van der Waals surface area contributed by atoms with Gasteiger partial charge in [-0.1, -0.05) is 35.5 Å². The largest absolute Gasteiger partial charge is 0.361 e. The average Bonchev–Trinajstić information content (AvgIpc) is 3.36. The van der Waals surface area contributed by atoms with Crippen molar-refractivity contribution < 1.29 is 4.52 Å². The molecule has 9 nitrogen and oxygen atoms in total. The maximum atomic E-state index is 13.1. The van der Waals surface area contributed by atoms with E-state index in [4.69, 9.17) is 4.52 Å². The van der Waals surface area contributed by atoms with Crippen molar-refractivity contribution in [2.45, 2.75) is 40.4 Å². The molecular weight excluding hydrogens is 372 g/mol. The Morgan fingerprint density at radius 1 is 1.00 bits per heavy atom. The predicted molar refractivity (Wildman–Crippen MR) is 106 cm³/mol. The number of nitrogens with zero attached hydrogens (tertiary/aromatic N) is 6. The van der Waals surface area contributed by atoms with Crippen LogP contribution in [0.2, 0.25) is 0 Å². The van der Waals surface area contributed by atoms with Crippen LogP contribution in [0.25, 0.3) is 5.69 Å². The molecule has 1 aromatic carbocycles. The summed E-state index contributed by atoms with van der Waals surface area (Å²) in [4.78, 5) is 26.0. The third-order valence-corrected chi connectivity index (χ3v) is 4.97. The van der Waals surface area contributed by atoms with Gasteiger partial charge in [-0.05, 0) is 26.3 Å². The predicted octanol–water partition coefficient (Wildman–Crippen LogP) is 1.72. The van der Waals surface area contributed by atoms with Crippen LogP contribution in [0.15, 0.2) is 56.8 Å². The molecule has 0 aliphatic carbocycles. The molecule has 4 rings (SSSR count). The molecule has 3 aromatic heterocycles. The first-order chi connectivity index (χ1) is 14.0. The second-order valence-electron chi connectivity index (χ2n) is 6.86. The summed E-state index contributed by atoms with van der Waals surface area (Å²) in [6, 6.07) is 9.58. The first-order valence-corrected chi connectivity index (χ1v) is 9.40. The number of hydrogen-bond donors (Lipinski definition) is 0. The van der Waals surface area contributed by atoms with Crippen LogP contribution in [0, 0.1) is 13.8 Å². The molecule has 4 aromatic rings. The first kappa shape index (κ1) is 18.7. The van der Waals surface area contributed by atoms with Crippen LogP contribution < -0.4 is 11.4 Å². The van der Waals surface area contributed by atoms with Crippen LogP contribution in [-0.2, 0) is 19.6 Å². The van der Waals surface area contributed by atoms with Gasteiger partial charge in [-0.25, -0.2) is 23.5 Å². The van der Waals surface area contributed by atoms with Crippen molar-refractivity contribution in [3.63, 3.8) is 0 Å². The maximum absolute atomic E-state index is 13.1. The molecule has 29 heavy (non-hydrogen) atoms. The molecule has 0 atom stereocenters. The number of aromatic nitrogens is 6. The summed E-state index contributed by atoms with van der Waals surface area (Å²) in [7, 11) is 0. The van der Waals surface area contributed by atoms with Crippen molar-refractivity contribution in [3.8, 4) is 5.69 Å². The normalized spacial score (nSPS) is 11.3. The van der Waals surface area contributed by atoms with Gasteiger partial charge >= 0.3 is 11.4 Å². The summed E-state index contributed by atoms with van der Waals surface area (Å²) < 4.78 is 10.9. The van der Waals surface area contributed by atoms with Gasteiger partial charge in [0.15, 0.2) is 0 Å². The highest BCUT2D eigenvalue weighted by Gasteiger charge is 2.18. The molecule has 0 spiro atoms. The summed E-state index contributed by atoms with van der Waals surface area (Å²) in [6.07, 6.45) is 3.20. The lowest BCUT2D eigenvalue weighted by molar-refractivity contribution is 0.391. The lowest BCUT2D eigenvalue weighted by Crippen LogP contribution is -2.27. The van der Waals surface area contributed by atoms with Crippen molar-refractivity contribution >= 4 is 0 Å². The first-order valence-electron chi connectivity index (χ1n) is 9.40. The zero-order valence-electron chi connectivity index (χ0n) is 16.6. The molecule has 0 aliphatic heterocycles. The monoisotopic (exact) mass is 394 g/mol. The Balaban J connectivity index is 1.72. The van der Waals surface area contributed by atoms with E-state index in [2.05, 4.69) is 10.3 Å². The highest BCUT2D eigenvalue weighted by atomic mass is 16.5. The van der Waals surface area contributed by atoms with E-state index < -0.39 is 5.69 Å². The van der Waals surface area contributed by atoms with Gasteiger partial charge in [0.25, 0.3) is 0 Å². The highest BCUT2D eigenvalue weighted by Crippen LogP contribution is 2.14. The zero-order valence-corrected chi connectivity index (χ0v) is 16.6. The van der Waals surface area contributed by atoms with Crippen molar-refractivity contribution in [1.82, 2.24) is 28.9 Å². The van der Waals surface area contributed by atoms with E-state index in [9.17, 15) is 9.59 Å². The van der Waals surface area contributed by atoms with E-state index >= 15 is 0 Å². The molecular formula is C20H22N6O3. The van der Waals surface area contributed by atoms with Crippen molar-refractivity contribution in [3.05, 3.63) is 86.3 Å². The summed E-state index contributed by atoms with van der Waals surface area (Å²) in [5, 5.41) is 8.25. The molecule has 0 saturated heterocycles. The van der Waals surface area contributed by atoms with Gasteiger partial charge in [-0.2, -0.15) is 5.10 Å². The van der Waals surface area contributed by atoms with E-state index in [1.165, 1.54) is 15.6 Å². The molecule has 150 valence electrons. The van der Waals surface area contributed by atoms with Crippen LogP contribution in [0.1, 0.15) is 29.5 Å². The second-order valence-corrected chi connectivity index (χ2v) is 6.86. The Hall–Kier alpha value is -3.62. The summed E-state index contributed by atoms with van der Waals surface area (Å²) >= 11 is 0. The van der Waals surface area contributed by atoms with E-state index in [1.807, 2.05) is 51.1 Å². The fraction of sp³-hybridized carbons (Fsp3) is 0.300. The third-order valence-electron chi connectivity index (χ3n) is 4.97. The lowest BCUT2D eigenvalue weighted by atomic mass is 10.2. The molecule has 9 heteroatoms.